The smallest absolute Gasteiger partial charge is 0.118 e. The number of aliphatic hydroxyl groups excluding tert-OH is 1. The molecule has 0 unspecified atom stereocenters. The molecular formula is C26H37NO3. The number of aliphatic hydroxyl groups is 1. The van der Waals surface area contributed by atoms with Gasteiger partial charge in [-0.3, -0.25) is 0 Å². The molecule has 4 nitrogen and oxygen atoms in total. The third-order valence-corrected chi connectivity index (χ3v) is 6.41. The molecule has 4 heteroatoms. The van der Waals surface area contributed by atoms with E-state index in [4.69, 9.17) is 9.47 Å². The second-order valence-corrected chi connectivity index (χ2v) is 8.41. The van der Waals surface area contributed by atoms with Crippen molar-refractivity contribution in [2.75, 3.05) is 14.2 Å². The third-order valence-electron chi connectivity index (χ3n) is 6.41. The molecule has 30 heavy (non-hydrogen) atoms. The van der Waals surface area contributed by atoms with Crippen LogP contribution in [0.1, 0.15) is 75.1 Å². The average molecular weight is 412 g/mol. The van der Waals surface area contributed by atoms with Gasteiger partial charge >= 0.3 is 0 Å². The summed E-state index contributed by atoms with van der Waals surface area (Å²) in [7, 11) is 3.37. The second-order valence-electron chi connectivity index (χ2n) is 8.41. The largest absolute Gasteiger partial charge is 0.497 e. The van der Waals surface area contributed by atoms with E-state index in [1.54, 1.807) is 14.2 Å². The first kappa shape index (κ1) is 22.6. The van der Waals surface area contributed by atoms with Crippen molar-refractivity contribution in [2.24, 2.45) is 5.92 Å². The minimum atomic E-state index is -0.323. The van der Waals surface area contributed by atoms with Crippen LogP contribution in [0.2, 0.25) is 0 Å². The molecule has 0 amide bonds. The summed E-state index contributed by atoms with van der Waals surface area (Å²) in [5.41, 5.74) is 2.40. The highest BCUT2D eigenvalue weighted by molar-refractivity contribution is 5.33. The highest BCUT2D eigenvalue weighted by Gasteiger charge is 2.37. The molecule has 2 aromatic carbocycles. The number of nitrogens with one attached hydrogen (secondary N) is 1. The van der Waals surface area contributed by atoms with Crippen LogP contribution in [0.4, 0.5) is 0 Å². The van der Waals surface area contributed by atoms with Gasteiger partial charge in [0.1, 0.15) is 11.5 Å². The first-order chi connectivity index (χ1) is 14.7. The number of methoxy groups -OCH3 is 2. The number of ether oxygens (including phenoxy) is 2. The Bertz CT molecular complexity index is 744. The molecule has 0 bridgehead atoms. The van der Waals surface area contributed by atoms with Gasteiger partial charge in [-0.05, 0) is 48.2 Å². The van der Waals surface area contributed by atoms with Gasteiger partial charge in [0, 0.05) is 18.0 Å². The Kier molecular flexibility index (Phi) is 8.59. The van der Waals surface area contributed by atoms with E-state index in [2.05, 4.69) is 36.5 Å². The fraction of sp³-hybridized carbons (Fsp3) is 0.538. The maximum absolute atomic E-state index is 11.1. The lowest BCUT2D eigenvalue weighted by Gasteiger charge is -2.41. The number of hydrogen-bond acceptors (Lipinski definition) is 4. The Hall–Kier alpha value is -2.04. The predicted octanol–water partition coefficient (Wildman–Crippen LogP) is 5.82. The van der Waals surface area contributed by atoms with E-state index in [9.17, 15) is 5.11 Å². The fourth-order valence-corrected chi connectivity index (χ4v) is 4.61. The molecule has 0 saturated carbocycles. The molecule has 3 rings (SSSR count). The van der Waals surface area contributed by atoms with Crippen LogP contribution in [0.25, 0.3) is 0 Å². The van der Waals surface area contributed by atoms with Crippen LogP contribution >= 0.6 is 0 Å². The molecule has 1 fully saturated rings. The van der Waals surface area contributed by atoms with Gasteiger partial charge in [-0.2, -0.15) is 0 Å². The zero-order valence-electron chi connectivity index (χ0n) is 18.6. The second kappa shape index (κ2) is 11.4. The molecule has 2 aromatic rings. The number of hydrogen-bond donors (Lipinski definition) is 2. The summed E-state index contributed by atoms with van der Waals surface area (Å²) in [6.45, 7) is 2.24. The minimum absolute atomic E-state index is 0.120. The molecule has 0 spiro atoms. The minimum Gasteiger partial charge on any atom is -0.497 e. The van der Waals surface area contributed by atoms with E-state index in [1.165, 1.54) is 43.2 Å². The van der Waals surface area contributed by atoms with Crippen LogP contribution in [0, 0.1) is 5.92 Å². The van der Waals surface area contributed by atoms with Crippen LogP contribution in [-0.2, 0) is 0 Å². The van der Waals surface area contributed by atoms with Gasteiger partial charge in [0.25, 0.3) is 0 Å². The summed E-state index contributed by atoms with van der Waals surface area (Å²) in [4.78, 5) is 0. The first-order valence-corrected chi connectivity index (χ1v) is 11.4. The molecule has 0 radical (unpaired) electrons. The quantitative estimate of drug-likeness (QED) is 0.484. The van der Waals surface area contributed by atoms with E-state index in [1.807, 2.05) is 24.3 Å². The Morgan fingerprint density at radius 3 is 1.97 bits per heavy atom. The van der Waals surface area contributed by atoms with Gasteiger partial charge < -0.3 is 19.9 Å². The SMILES string of the molecule is CCCCCCC[C@@H]1[C@H](O)C[C@@H](c2ccc(OC)cc2)N[C@H]1c1ccc(OC)cc1. The summed E-state index contributed by atoms with van der Waals surface area (Å²) < 4.78 is 10.6. The van der Waals surface area contributed by atoms with Crippen molar-refractivity contribution in [1.82, 2.24) is 5.32 Å². The van der Waals surface area contributed by atoms with Gasteiger partial charge in [-0.25, -0.2) is 0 Å². The van der Waals surface area contributed by atoms with Gasteiger partial charge in [-0.1, -0.05) is 63.3 Å². The Labute approximate surface area is 181 Å². The lowest BCUT2D eigenvalue weighted by atomic mass is 9.77. The molecular weight excluding hydrogens is 374 g/mol. The maximum atomic E-state index is 11.1. The van der Waals surface area contributed by atoms with Crippen molar-refractivity contribution in [3.05, 3.63) is 59.7 Å². The lowest BCUT2D eigenvalue weighted by Crippen LogP contribution is -2.44. The predicted molar refractivity (Wildman–Crippen MR) is 122 cm³/mol. The molecule has 1 aliphatic heterocycles. The van der Waals surface area contributed by atoms with Gasteiger partial charge in [0.15, 0.2) is 0 Å². The Balaban J connectivity index is 1.77. The molecule has 0 aliphatic carbocycles. The topological polar surface area (TPSA) is 50.7 Å². The summed E-state index contributed by atoms with van der Waals surface area (Å²) >= 11 is 0. The van der Waals surface area contributed by atoms with Crippen molar-refractivity contribution in [3.8, 4) is 11.5 Å². The average Bonchev–Trinajstić information content (AvgIpc) is 2.79. The first-order valence-electron chi connectivity index (χ1n) is 11.4. The van der Waals surface area contributed by atoms with Gasteiger partial charge in [0.05, 0.1) is 20.3 Å². The van der Waals surface area contributed by atoms with Crippen LogP contribution < -0.4 is 14.8 Å². The molecule has 1 aliphatic rings. The van der Waals surface area contributed by atoms with Crippen LogP contribution in [0.5, 0.6) is 11.5 Å². The number of unbranched alkanes of at least 4 members (excludes halogenated alkanes) is 4. The van der Waals surface area contributed by atoms with Crippen LogP contribution in [0.3, 0.4) is 0 Å². The molecule has 164 valence electrons. The number of piperidine rings is 1. The van der Waals surface area contributed by atoms with Crippen LogP contribution in [-0.4, -0.2) is 25.4 Å². The monoisotopic (exact) mass is 411 g/mol. The van der Waals surface area contributed by atoms with Crippen molar-refractivity contribution < 1.29 is 14.6 Å². The van der Waals surface area contributed by atoms with Crippen molar-refractivity contribution in [2.45, 2.75) is 70.1 Å². The Morgan fingerprint density at radius 2 is 1.40 bits per heavy atom. The lowest BCUT2D eigenvalue weighted by molar-refractivity contribution is 0.0253. The van der Waals surface area contributed by atoms with E-state index in [-0.39, 0.29) is 24.1 Å². The van der Waals surface area contributed by atoms with E-state index in [0.29, 0.717) is 0 Å². The summed E-state index contributed by atoms with van der Waals surface area (Å²) in [5.74, 6) is 1.93. The fourth-order valence-electron chi connectivity index (χ4n) is 4.61. The highest BCUT2D eigenvalue weighted by Crippen LogP contribution is 2.40. The van der Waals surface area contributed by atoms with Crippen molar-refractivity contribution in [1.29, 1.82) is 0 Å². The van der Waals surface area contributed by atoms with E-state index < -0.39 is 0 Å². The molecule has 1 saturated heterocycles. The normalized spacial score (nSPS) is 23.9. The van der Waals surface area contributed by atoms with Crippen molar-refractivity contribution in [3.63, 3.8) is 0 Å². The van der Waals surface area contributed by atoms with Crippen LogP contribution in [0.15, 0.2) is 48.5 Å². The summed E-state index contributed by atoms with van der Waals surface area (Å²) in [6, 6.07) is 16.7. The van der Waals surface area contributed by atoms with Gasteiger partial charge in [0.2, 0.25) is 0 Å². The zero-order chi connectivity index (χ0) is 21.3. The maximum Gasteiger partial charge on any atom is 0.118 e. The summed E-state index contributed by atoms with van der Waals surface area (Å²) in [5, 5.41) is 15.0. The number of benzene rings is 2. The van der Waals surface area contributed by atoms with Gasteiger partial charge in [-0.15, -0.1) is 0 Å². The van der Waals surface area contributed by atoms with E-state index >= 15 is 0 Å². The Morgan fingerprint density at radius 1 is 0.833 bits per heavy atom. The summed E-state index contributed by atoms with van der Waals surface area (Å²) in [6.07, 6.45) is 7.71. The number of rotatable bonds is 10. The molecule has 1 heterocycles. The van der Waals surface area contributed by atoms with Crippen molar-refractivity contribution >= 4 is 0 Å². The highest BCUT2D eigenvalue weighted by atomic mass is 16.5. The molecule has 0 aromatic heterocycles. The zero-order valence-corrected chi connectivity index (χ0v) is 18.6. The molecule has 4 atom stereocenters. The van der Waals surface area contributed by atoms with E-state index in [0.717, 1.165) is 24.3 Å². The third kappa shape index (κ3) is 5.77. The standard InChI is InChI=1S/C26H37NO3/c1-4-5-6-7-8-9-23-25(28)18-24(19-10-14-21(29-2)15-11-19)27-26(23)20-12-16-22(30-3)17-13-20/h10-17,23-28H,4-9,18H2,1-3H3/t23-,24+,25-,26+/m1/s1. The molecule has 2 N–H and O–H groups in total.